The lowest BCUT2D eigenvalue weighted by atomic mass is 10.2. The minimum absolute atomic E-state index is 0.372. The fraction of sp³-hybridized carbons (Fsp3) is 0.417. The second-order valence-electron chi connectivity index (χ2n) is 8.63. The Hall–Kier alpha value is -3.46. The van der Waals surface area contributed by atoms with Gasteiger partial charge in [-0.25, -0.2) is 4.98 Å². The van der Waals surface area contributed by atoms with Crippen molar-refractivity contribution in [3.63, 3.8) is 0 Å². The average Bonchev–Trinajstić information content (AvgIpc) is 3.42. The molecule has 1 aromatic carbocycles. The molecule has 3 aromatic rings. The van der Waals surface area contributed by atoms with Crippen molar-refractivity contribution in [1.82, 2.24) is 19.7 Å². The number of methoxy groups -OCH3 is 1. The van der Waals surface area contributed by atoms with Crippen LogP contribution < -0.4 is 15.1 Å². The van der Waals surface area contributed by atoms with Gasteiger partial charge in [0.15, 0.2) is 0 Å². The maximum Gasteiger partial charge on any atom is 0.229 e. The van der Waals surface area contributed by atoms with E-state index in [0.717, 1.165) is 61.6 Å². The Bertz CT molecular complexity index is 1120. The number of hydrogen-bond donors (Lipinski definition) is 1. The van der Waals surface area contributed by atoms with Crippen LogP contribution in [-0.2, 0) is 29.0 Å². The van der Waals surface area contributed by atoms with Gasteiger partial charge in [0.2, 0.25) is 12.4 Å². The maximum absolute atomic E-state index is 11.4. The average molecular weight is 448 g/mol. The summed E-state index contributed by atoms with van der Waals surface area (Å²) in [6.07, 6.45) is 7.76. The SMILES string of the molecule is COCCn1cc(Nc2nc(C)c3c(n2)N(Cc2ccc(N(C=O)C4CC4)cc2)CC3)cn1. The second kappa shape index (κ2) is 9.19. The third-order valence-electron chi connectivity index (χ3n) is 6.20. The molecule has 172 valence electrons. The first-order chi connectivity index (χ1) is 16.1. The number of ether oxygens (including phenoxy) is 1. The van der Waals surface area contributed by atoms with E-state index in [2.05, 4.69) is 32.4 Å². The molecule has 1 saturated carbocycles. The van der Waals surface area contributed by atoms with Crippen LogP contribution in [0.25, 0.3) is 0 Å². The highest BCUT2D eigenvalue weighted by molar-refractivity contribution is 5.76. The minimum atomic E-state index is 0.372. The molecule has 1 fully saturated rings. The van der Waals surface area contributed by atoms with Crippen LogP contribution >= 0.6 is 0 Å². The molecule has 1 N–H and O–H groups in total. The molecule has 9 nitrogen and oxygen atoms in total. The van der Waals surface area contributed by atoms with Gasteiger partial charge in [0.25, 0.3) is 0 Å². The number of fused-ring (bicyclic) bond motifs is 1. The van der Waals surface area contributed by atoms with Crippen molar-refractivity contribution in [2.24, 2.45) is 0 Å². The van der Waals surface area contributed by atoms with Crippen LogP contribution in [-0.4, -0.2) is 52.5 Å². The summed E-state index contributed by atoms with van der Waals surface area (Å²) >= 11 is 0. The molecular formula is C24H29N7O2. The highest BCUT2D eigenvalue weighted by Gasteiger charge is 2.29. The number of nitrogens with zero attached hydrogens (tertiary/aromatic N) is 6. The first-order valence-electron chi connectivity index (χ1n) is 11.4. The van der Waals surface area contributed by atoms with Crippen LogP contribution in [0, 0.1) is 6.92 Å². The topological polar surface area (TPSA) is 88.4 Å². The molecule has 3 heterocycles. The van der Waals surface area contributed by atoms with Crippen molar-refractivity contribution in [1.29, 1.82) is 0 Å². The minimum Gasteiger partial charge on any atom is -0.383 e. The van der Waals surface area contributed by atoms with Gasteiger partial charge in [0.1, 0.15) is 5.82 Å². The van der Waals surface area contributed by atoms with Crippen LogP contribution in [0.2, 0.25) is 0 Å². The first-order valence-corrected chi connectivity index (χ1v) is 11.4. The molecule has 0 radical (unpaired) electrons. The number of aromatic nitrogens is 4. The Morgan fingerprint density at radius 3 is 2.79 bits per heavy atom. The van der Waals surface area contributed by atoms with E-state index in [1.54, 1.807) is 13.3 Å². The smallest absolute Gasteiger partial charge is 0.229 e. The van der Waals surface area contributed by atoms with Crippen molar-refractivity contribution >= 4 is 29.6 Å². The molecule has 0 saturated heterocycles. The lowest BCUT2D eigenvalue weighted by molar-refractivity contribution is -0.107. The number of carbonyl (C=O) groups is 1. The van der Waals surface area contributed by atoms with Crippen molar-refractivity contribution in [2.45, 2.75) is 45.3 Å². The van der Waals surface area contributed by atoms with E-state index < -0.39 is 0 Å². The maximum atomic E-state index is 11.4. The molecule has 1 amide bonds. The molecule has 2 aliphatic rings. The number of amides is 1. The summed E-state index contributed by atoms with van der Waals surface area (Å²) in [5.41, 5.74) is 5.21. The molecule has 9 heteroatoms. The molecule has 33 heavy (non-hydrogen) atoms. The van der Waals surface area contributed by atoms with Gasteiger partial charge in [-0.3, -0.25) is 9.48 Å². The van der Waals surface area contributed by atoms with E-state index in [4.69, 9.17) is 9.72 Å². The van der Waals surface area contributed by atoms with Gasteiger partial charge in [0, 0.05) is 49.4 Å². The Kier molecular flexibility index (Phi) is 5.95. The summed E-state index contributed by atoms with van der Waals surface area (Å²) in [7, 11) is 1.68. The van der Waals surface area contributed by atoms with E-state index in [0.29, 0.717) is 25.1 Å². The Morgan fingerprint density at radius 1 is 1.24 bits per heavy atom. The van der Waals surface area contributed by atoms with Crippen molar-refractivity contribution in [3.05, 3.63) is 53.5 Å². The predicted octanol–water partition coefficient (Wildman–Crippen LogP) is 3.06. The number of carbonyl (C=O) groups excluding carboxylic acids is 1. The number of anilines is 4. The van der Waals surface area contributed by atoms with Crippen molar-refractivity contribution in [3.8, 4) is 0 Å². The molecule has 1 aliphatic carbocycles. The molecule has 0 unspecified atom stereocenters. The third-order valence-corrected chi connectivity index (χ3v) is 6.20. The monoisotopic (exact) mass is 447 g/mol. The molecular weight excluding hydrogens is 418 g/mol. The molecule has 0 atom stereocenters. The summed E-state index contributed by atoms with van der Waals surface area (Å²) in [4.78, 5) is 25.1. The fourth-order valence-electron chi connectivity index (χ4n) is 4.27. The van der Waals surface area contributed by atoms with Crippen LogP contribution in [0.3, 0.4) is 0 Å². The number of hydrogen-bond acceptors (Lipinski definition) is 7. The van der Waals surface area contributed by atoms with E-state index in [9.17, 15) is 4.79 Å². The van der Waals surface area contributed by atoms with Crippen LogP contribution in [0.4, 0.5) is 23.1 Å². The van der Waals surface area contributed by atoms with Crippen molar-refractivity contribution < 1.29 is 9.53 Å². The number of benzene rings is 1. The van der Waals surface area contributed by atoms with Gasteiger partial charge in [-0.15, -0.1) is 0 Å². The van der Waals surface area contributed by atoms with Gasteiger partial charge in [-0.1, -0.05) is 12.1 Å². The Labute approximate surface area is 193 Å². The third kappa shape index (κ3) is 4.68. The lowest BCUT2D eigenvalue weighted by Crippen LogP contribution is -2.23. The highest BCUT2D eigenvalue weighted by Crippen LogP contribution is 2.33. The zero-order valence-corrected chi connectivity index (χ0v) is 19.1. The fourth-order valence-corrected chi connectivity index (χ4v) is 4.27. The van der Waals surface area contributed by atoms with E-state index >= 15 is 0 Å². The van der Waals surface area contributed by atoms with Gasteiger partial charge < -0.3 is 19.9 Å². The number of rotatable bonds is 10. The van der Waals surface area contributed by atoms with Crippen LogP contribution in [0.1, 0.15) is 29.7 Å². The first kappa shape index (κ1) is 21.4. The number of nitrogens with one attached hydrogen (secondary N) is 1. The van der Waals surface area contributed by atoms with Crippen molar-refractivity contribution in [2.75, 3.05) is 35.4 Å². The van der Waals surface area contributed by atoms with Gasteiger partial charge in [-0.05, 0) is 43.9 Å². The number of aryl methyl sites for hydroxylation is 1. The summed E-state index contributed by atoms with van der Waals surface area (Å²) in [5.74, 6) is 1.55. The molecule has 0 spiro atoms. The van der Waals surface area contributed by atoms with Crippen LogP contribution in [0.15, 0.2) is 36.7 Å². The Morgan fingerprint density at radius 2 is 2.06 bits per heavy atom. The van der Waals surface area contributed by atoms with Gasteiger partial charge in [0.05, 0.1) is 25.0 Å². The second-order valence-corrected chi connectivity index (χ2v) is 8.63. The summed E-state index contributed by atoms with van der Waals surface area (Å²) in [5, 5.41) is 7.63. The Balaban J connectivity index is 1.30. The summed E-state index contributed by atoms with van der Waals surface area (Å²) < 4.78 is 6.94. The normalized spacial score (nSPS) is 14.9. The largest absolute Gasteiger partial charge is 0.383 e. The highest BCUT2D eigenvalue weighted by atomic mass is 16.5. The molecule has 0 bridgehead atoms. The van der Waals surface area contributed by atoms with E-state index in [-0.39, 0.29) is 0 Å². The predicted molar refractivity (Wildman–Crippen MR) is 127 cm³/mol. The lowest BCUT2D eigenvalue weighted by Gasteiger charge is -2.21. The molecule has 2 aromatic heterocycles. The summed E-state index contributed by atoms with van der Waals surface area (Å²) in [6.45, 7) is 5.02. The summed E-state index contributed by atoms with van der Waals surface area (Å²) in [6, 6.07) is 8.66. The van der Waals surface area contributed by atoms with Crippen LogP contribution in [0.5, 0.6) is 0 Å². The quantitative estimate of drug-likeness (QED) is 0.478. The zero-order chi connectivity index (χ0) is 22.8. The molecule has 1 aliphatic heterocycles. The molecule has 5 rings (SSSR count). The van der Waals surface area contributed by atoms with E-state index in [1.807, 2.05) is 34.8 Å². The van der Waals surface area contributed by atoms with Gasteiger partial charge in [-0.2, -0.15) is 10.1 Å². The standard InChI is InChI=1S/C24H29N7O2/c1-17-22-9-10-29(14-18-3-5-20(6-4-18)31(16-32)21-7-8-21)23(22)28-24(26-17)27-19-13-25-30(15-19)11-12-33-2/h3-6,13,15-16,21H,7-12,14H2,1-2H3,(H,26,27,28). The van der Waals surface area contributed by atoms with E-state index in [1.165, 1.54) is 11.1 Å². The zero-order valence-electron chi connectivity index (χ0n) is 19.1. The van der Waals surface area contributed by atoms with Gasteiger partial charge >= 0.3 is 0 Å².